The van der Waals surface area contributed by atoms with E-state index in [0.717, 1.165) is 26.2 Å². The average Bonchev–Trinajstić information content (AvgIpc) is 3.01. The summed E-state index contributed by atoms with van der Waals surface area (Å²) in [5.74, 6) is 0. The number of nitrogens with zero attached hydrogens (tertiary/aromatic N) is 2. The topological polar surface area (TPSA) is 6.48 Å². The summed E-state index contributed by atoms with van der Waals surface area (Å²) in [5.41, 5.74) is 2.76. The van der Waals surface area contributed by atoms with Crippen molar-refractivity contribution in [3.05, 3.63) is 102 Å². The molecular weight excluding hydrogens is 402 g/mol. The molecule has 2 nitrogen and oxygen atoms in total. The van der Waals surface area contributed by atoms with Crippen molar-refractivity contribution in [2.24, 2.45) is 0 Å². The molecule has 0 bridgehead atoms. The van der Waals surface area contributed by atoms with Gasteiger partial charge in [-0.25, -0.2) is 0 Å². The molecule has 0 aliphatic carbocycles. The van der Waals surface area contributed by atoms with Gasteiger partial charge in [-0.15, -0.1) is 0 Å². The van der Waals surface area contributed by atoms with E-state index < -0.39 is 6.25 Å². The molecule has 1 aliphatic rings. The number of benzene rings is 3. The van der Waals surface area contributed by atoms with Crippen LogP contribution in [-0.2, 0) is 13.1 Å². The van der Waals surface area contributed by atoms with Gasteiger partial charge < -0.3 is 0 Å². The molecule has 0 unspecified atom stereocenters. The molecule has 26 heavy (non-hydrogen) atoms. The Hall–Kier alpha value is -1.47. The normalized spacial score (nSPS) is 17.4. The zero-order chi connectivity index (χ0) is 17.8. The van der Waals surface area contributed by atoms with Crippen LogP contribution in [0.5, 0.6) is 0 Å². The van der Waals surface area contributed by atoms with Gasteiger partial charge in [-0.05, 0) is 0 Å². The standard InChI is InChI=1S/C22H23N2PSe/c26-25(22-14-8-3-9-15-22)23(18-20-10-4-1-5-11-20)16-17-24(25)19-21-12-6-2-7-13-21/h1-15H,16-19H2. The fraction of sp³-hybridized carbons (Fsp3) is 0.182. The zero-order valence-corrected chi connectivity index (χ0v) is 17.3. The average molecular weight is 425 g/mol. The van der Waals surface area contributed by atoms with Gasteiger partial charge in [0.2, 0.25) is 0 Å². The van der Waals surface area contributed by atoms with Gasteiger partial charge in [0, 0.05) is 0 Å². The Balaban J connectivity index is 1.66. The Kier molecular flexibility index (Phi) is 5.54. The Morgan fingerprint density at radius 1 is 0.615 bits per heavy atom. The Morgan fingerprint density at radius 2 is 1.00 bits per heavy atom. The third kappa shape index (κ3) is 3.64. The summed E-state index contributed by atoms with van der Waals surface area (Å²) < 4.78 is 5.33. The van der Waals surface area contributed by atoms with E-state index in [1.807, 2.05) is 0 Å². The van der Waals surface area contributed by atoms with Crippen molar-refractivity contribution >= 4 is 27.1 Å². The van der Waals surface area contributed by atoms with Gasteiger partial charge in [0.1, 0.15) is 0 Å². The first-order valence-corrected chi connectivity index (χ1v) is 12.9. The van der Waals surface area contributed by atoms with Crippen LogP contribution in [0, 0.1) is 0 Å². The minimum absolute atomic E-state index is 0.988. The van der Waals surface area contributed by atoms with Gasteiger partial charge in [-0.1, -0.05) is 0 Å². The van der Waals surface area contributed by atoms with E-state index in [0.29, 0.717) is 0 Å². The van der Waals surface area contributed by atoms with Gasteiger partial charge in [-0.2, -0.15) is 0 Å². The molecule has 0 spiro atoms. The monoisotopic (exact) mass is 426 g/mol. The molecule has 1 heterocycles. The SMILES string of the molecule is [Se-][P+]1(c2ccccc2)N(Cc2ccccc2)CCN1Cc1ccccc1. The summed E-state index contributed by atoms with van der Waals surface area (Å²) in [6.07, 6.45) is -1.68. The first-order chi connectivity index (χ1) is 12.8. The summed E-state index contributed by atoms with van der Waals surface area (Å²) in [4.78, 5) is 0. The molecule has 3 aromatic rings. The van der Waals surface area contributed by atoms with Crippen LogP contribution in [0.3, 0.4) is 0 Å². The quantitative estimate of drug-likeness (QED) is 0.445. The van der Waals surface area contributed by atoms with E-state index in [-0.39, 0.29) is 0 Å². The molecule has 1 aliphatic heterocycles. The van der Waals surface area contributed by atoms with Crippen molar-refractivity contribution in [3.8, 4) is 0 Å². The molecule has 0 aromatic heterocycles. The van der Waals surface area contributed by atoms with Crippen molar-refractivity contribution in [3.63, 3.8) is 0 Å². The van der Waals surface area contributed by atoms with E-state index in [4.69, 9.17) is 0 Å². The molecule has 1 saturated heterocycles. The molecule has 4 heteroatoms. The van der Waals surface area contributed by atoms with Crippen LogP contribution in [0.25, 0.3) is 0 Å². The molecule has 0 N–H and O–H groups in total. The van der Waals surface area contributed by atoms with Crippen molar-refractivity contribution in [2.45, 2.75) is 13.1 Å². The predicted octanol–water partition coefficient (Wildman–Crippen LogP) is 4.26. The van der Waals surface area contributed by atoms with Crippen LogP contribution in [0.1, 0.15) is 11.1 Å². The number of rotatable bonds is 5. The minimum atomic E-state index is -1.68. The molecule has 4 rings (SSSR count). The second-order valence-electron chi connectivity index (χ2n) is 6.63. The van der Waals surface area contributed by atoms with E-state index >= 15 is 0 Å². The molecule has 3 aromatic carbocycles. The van der Waals surface area contributed by atoms with Crippen molar-refractivity contribution in [2.75, 3.05) is 13.1 Å². The third-order valence-electron chi connectivity index (χ3n) is 4.89. The molecule has 1 fully saturated rings. The molecular formula is C22H23N2PSe. The van der Waals surface area contributed by atoms with E-state index in [2.05, 4.69) is 116 Å². The van der Waals surface area contributed by atoms with E-state index in [1.165, 1.54) is 16.4 Å². The van der Waals surface area contributed by atoms with Crippen molar-refractivity contribution in [1.29, 1.82) is 0 Å². The third-order valence-corrected chi connectivity index (χ3v) is 12.3. The molecule has 0 amide bonds. The fourth-order valence-corrected chi connectivity index (χ4v) is 9.09. The second kappa shape index (κ2) is 8.05. The first kappa shape index (κ1) is 17.9. The van der Waals surface area contributed by atoms with Crippen LogP contribution >= 0.6 is 6.25 Å². The number of hydrogen-bond acceptors (Lipinski definition) is 2. The molecule has 0 saturated carbocycles. The van der Waals surface area contributed by atoms with Crippen molar-refractivity contribution < 1.29 is 0 Å². The van der Waals surface area contributed by atoms with Crippen LogP contribution in [0.15, 0.2) is 91.0 Å². The fourth-order valence-electron chi connectivity index (χ4n) is 3.57. The second-order valence-corrected chi connectivity index (χ2v) is 12.6. The van der Waals surface area contributed by atoms with Crippen molar-refractivity contribution in [1.82, 2.24) is 9.34 Å². The van der Waals surface area contributed by atoms with Gasteiger partial charge in [0.25, 0.3) is 0 Å². The number of hydrogen-bond donors (Lipinski definition) is 0. The van der Waals surface area contributed by atoms with E-state index in [9.17, 15) is 0 Å². The Morgan fingerprint density at radius 3 is 1.42 bits per heavy atom. The van der Waals surface area contributed by atoms with Gasteiger partial charge in [0.05, 0.1) is 0 Å². The van der Waals surface area contributed by atoms with Gasteiger partial charge >= 0.3 is 165 Å². The summed E-state index contributed by atoms with van der Waals surface area (Å²) in [6, 6.07) is 32.6. The van der Waals surface area contributed by atoms with Gasteiger partial charge in [-0.3, -0.25) is 0 Å². The maximum absolute atomic E-state index is 3.67. The van der Waals surface area contributed by atoms with Gasteiger partial charge in [0.15, 0.2) is 0 Å². The molecule has 0 radical (unpaired) electrons. The Bertz CT molecular complexity index is 777. The maximum atomic E-state index is 3.67. The summed E-state index contributed by atoms with van der Waals surface area (Å²) in [6.45, 7) is 4.17. The molecule has 132 valence electrons. The van der Waals surface area contributed by atoms with Crippen LogP contribution < -0.4 is 5.30 Å². The van der Waals surface area contributed by atoms with Crippen LogP contribution in [-0.4, -0.2) is 38.0 Å². The first-order valence-electron chi connectivity index (χ1n) is 9.01. The Labute approximate surface area is 164 Å². The van der Waals surface area contributed by atoms with Crippen LogP contribution in [0.2, 0.25) is 0 Å². The molecule has 0 atom stereocenters. The van der Waals surface area contributed by atoms with Crippen LogP contribution in [0.4, 0.5) is 0 Å². The summed E-state index contributed by atoms with van der Waals surface area (Å²) >= 11 is 3.67. The summed E-state index contributed by atoms with van der Waals surface area (Å²) in [5, 5.41) is 1.42. The predicted molar refractivity (Wildman–Crippen MR) is 112 cm³/mol. The summed E-state index contributed by atoms with van der Waals surface area (Å²) in [7, 11) is 0. The van der Waals surface area contributed by atoms with E-state index in [1.54, 1.807) is 0 Å². The zero-order valence-electron chi connectivity index (χ0n) is 14.7.